The maximum Gasteiger partial charge on any atom is 0.416 e. The van der Waals surface area contributed by atoms with Gasteiger partial charge in [0.2, 0.25) is 10.0 Å². The quantitative estimate of drug-likeness (QED) is 0.186. The minimum absolute atomic E-state index is 0.0214. The first kappa shape index (κ1) is 33.0. The molecule has 4 aromatic carbocycles. The van der Waals surface area contributed by atoms with Crippen LogP contribution < -0.4 is 4.72 Å². The molecule has 0 spiro atoms. The van der Waals surface area contributed by atoms with E-state index >= 15 is 0 Å². The Bertz CT molecular complexity index is 1900. The molecule has 0 fully saturated rings. The molecule has 0 saturated heterocycles. The lowest BCUT2D eigenvalue weighted by Gasteiger charge is -2.26. The van der Waals surface area contributed by atoms with Crippen molar-refractivity contribution in [2.75, 3.05) is 19.8 Å². The summed E-state index contributed by atoms with van der Waals surface area (Å²) >= 11 is 1.15. The second-order valence-corrected chi connectivity index (χ2v) is 13.7. The third-order valence-corrected chi connectivity index (χ3v) is 9.72. The lowest BCUT2D eigenvalue weighted by molar-refractivity contribution is -0.137. The molecule has 0 aliphatic rings. The molecule has 228 valence electrons. The van der Waals surface area contributed by atoms with Gasteiger partial charge < -0.3 is 4.74 Å². The molecule has 0 unspecified atom stereocenters. The molecular weight excluding hydrogens is 608 g/mol. The first-order valence-electron chi connectivity index (χ1n) is 13.7. The summed E-state index contributed by atoms with van der Waals surface area (Å²) in [5.74, 6) is 0. The SMILES string of the molecule is CCOCCNS(=O)(=O)c1ccccc1Sc1c(C(C)(C)C)ccc2cc(C#N)c(C#N)c(-c3cccc(C(F)(F)F)c3)c12. The van der Waals surface area contributed by atoms with Gasteiger partial charge in [-0.25, -0.2) is 13.1 Å². The summed E-state index contributed by atoms with van der Waals surface area (Å²) in [5.41, 5.74) is -0.356. The lowest BCUT2D eigenvalue weighted by Crippen LogP contribution is -2.27. The third-order valence-electron chi connectivity index (χ3n) is 6.87. The summed E-state index contributed by atoms with van der Waals surface area (Å²) in [7, 11) is -3.97. The lowest BCUT2D eigenvalue weighted by atomic mass is 9.83. The van der Waals surface area contributed by atoms with Gasteiger partial charge in [0.25, 0.3) is 0 Å². The average molecular weight is 638 g/mol. The molecule has 11 heteroatoms. The van der Waals surface area contributed by atoms with Gasteiger partial charge in [0.15, 0.2) is 0 Å². The summed E-state index contributed by atoms with van der Waals surface area (Å²) in [6, 6.07) is 20.4. The third kappa shape index (κ3) is 6.92. The summed E-state index contributed by atoms with van der Waals surface area (Å²) in [6.07, 6.45) is -4.64. The van der Waals surface area contributed by atoms with Gasteiger partial charge in [0, 0.05) is 33.9 Å². The van der Waals surface area contributed by atoms with Crippen molar-refractivity contribution in [3.63, 3.8) is 0 Å². The highest BCUT2D eigenvalue weighted by Crippen LogP contribution is 2.48. The molecule has 0 amide bonds. The number of nitrogens with zero attached hydrogens (tertiary/aromatic N) is 2. The van der Waals surface area contributed by atoms with Gasteiger partial charge in [-0.3, -0.25) is 0 Å². The zero-order chi connectivity index (χ0) is 32.3. The Morgan fingerprint density at radius 2 is 1.68 bits per heavy atom. The zero-order valence-corrected chi connectivity index (χ0v) is 26.2. The fourth-order valence-electron chi connectivity index (χ4n) is 4.84. The molecule has 0 saturated carbocycles. The minimum atomic E-state index is -4.64. The van der Waals surface area contributed by atoms with Crippen LogP contribution in [0.15, 0.2) is 81.4 Å². The average Bonchev–Trinajstić information content (AvgIpc) is 2.97. The van der Waals surface area contributed by atoms with E-state index < -0.39 is 27.2 Å². The smallest absolute Gasteiger partial charge is 0.380 e. The second kappa shape index (κ2) is 13.0. The van der Waals surface area contributed by atoms with Crippen molar-refractivity contribution in [2.45, 2.75) is 54.0 Å². The Hall–Kier alpha value is -3.87. The normalized spacial score (nSPS) is 12.2. The van der Waals surface area contributed by atoms with Crippen molar-refractivity contribution in [2.24, 2.45) is 0 Å². The Kier molecular flexibility index (Phi) is 9.77. The van der Waals surface area contributed by atoms with Crippen molar-refractivity contribution in [3.8, 4) is 23.3 Å². The van der Waals surface area contributed by atoms with Crippen LogP contribution in [0.1, 0.15) is 49.9 Å². The van der Waals surface area contributed by atoms with Gasteiger partial charge in [-0.1, -0.05) is 68.9 Å². The largest absolute Gasteiger partial charge is 0.416 e. The molecule has 0 atom stereocenters. The van der Waals surface area contributed by atoms with E-state index in [0.717, 1.165) is 29.5 Å². The van der Waals surface area contributed by atoms with Crippen molar-refractivity contribution in [1.82, 2.24) is 4.72 Å². The topological polar surface area (TPSA) is 103 Å². The van der Waals surface area contributed by atoms with Gasteiger partial charge in [-0.05, 0) is 59.2 Å². The molecule has 44 heavy (non-hydrogen) atoms. The van der Waals surface area contributed by atoms with Crippen LogP contribution in [0.25, 0.3) is 21.9 Å². The van der Waals surface area contributed by atoms with E-state index in [1.807, 2.05) is 39.8 Å². The number of nitriles is 2. The van der Waals surface area contributed by atoms with Crippen LogP contribution in [0.4, 0.5) is 13.2 Å². The maximum atomic E-state index is 13.8. The first-order valence-corrected chi connectivity index (χ1v) is 16.0. The number of rotatable bonds is 9. The minimum Gasteiger partial charge on any atom is -0.380 e. The predicted octanol–water partition coefficient (Wildman–Crippen LogP) is 8.03. The fraction of sp³-hybridized carbons (Fsp3) is 0.273. The molecule has 0 radical (unpaired) electrons. The molecule has 4 rings (SSSR count). The molecule has 0 aliphatic heterocycles. The number of alkyl halides is 3. The Morgan fingerprint density at radius 1 is 0.955 bits per heavy atom. The van der Waals surface area contributed by atoms with E-state index in [1.54, 1.807) is 30.3 Å². The molecule has 0 aliphatic carbocycles. The van der Waals surface area contributed by atoms with Gasteiger partial charge in [-0.15, -0.1) is 0 Å². The van der Waals surface area contributed by atoms with Crippen LogP contribution in [0.5, 0.6) is 0 Å². The number of ether oxygens (including phenoxy) is 1. The van der Waals surface area contributed by atoms with E-state index in [2.05, 4.69) is 10.8 Å². The van der Waals surface area contributed by atoms with Crippen LogP contribution in [0, 0.1) is 22.7 Å². The van der Waals surface area contributed by atoms with E-state index in [4.69, 9.17) is 4.74 Å². The highest BCUT2D eigenvalue weighted by molar-refractivity contribution is 8.00. The molecule has 6 nitrogen and oxygen atoms in total. The number of hydrogen-bond acceptors (Lipinski definition) is 6. The van der Waals surface area contributed by atoms with Crippen LogP contribution in [0.2, 0.25) is 0 Å². The van der Waals surface area contributed by atoms with E-state index in [-0.39, 0.29) is 40.3 Å². The number of fused-ring (bicyclic) bond motifs is 1. The summed E-state index contributed by atoms with van der Waals surface area (Å²) in [4.78, 5) is 0.973. The fourth-order valence-corrected chi connectivity index (χ4v) is 7.73. The summed E-state index contributed by atoms with van der Waals surface area (Å²) in [5, 5.41) is 21.1. The van der Waals surface area contributed by atoms with E-state index in [0.29, 0.717) is 27.2 Å². The number of halogens is 3. The van der Waals surface area contributed by atoms with Crippen LogP contribution >= 0.6 is 11.8 Å². The maximum absolute atomic E-state index is 13.8. The van der Waals surface area contributed by atoms with Crippen molar-refractivity contribution in [3.05, 3.63) is 89.0 Å². The summed E-state index contributed by atoms with van der Waals surface area (Å²) < 4.78 is 76.0. The number of hydrogen-bond donors (Lipinski definition) is 1. The molecule has 0 heterocycles. The molecule has 0 bridgehead atoms. The van der Waals surface area contributed by atoms with Gasteiger partial charge in [0.1, 0.15) is 12.1 Å². The first-order chi connectivity index (χ1) is 20.7. The number of nitrogens with one attached hydrogen (secondary N) is 1. The molecule has 4 aromatic rings. The standard InChI is InChI=1S/C33H30F3N3O3S2/c1-5-42-16-15-39-44(40,41)28-12-7-6-11-27(28)43-31-26(32(2,3)4)14-13-22-17-23(19-37)25(20-38)29(30(22)31)21-9-8-10-24(18-21)33(34,35)36/h6-14,17-18,39H,5,15-16H2,1-4H3. The van der Waals surface area contributed by atoms with Gasteiger partial charge in [-0.2, -0.15) is 23.7 Å². The molecule has 0 aromatic heterocycles. The van der Waals surface area contributed by atoms with Crippen LogP contribution in [-0.4, -0.2) is 28.2 Å². The van der Waals surface area contributed by atoms with Crippen molar-refractivity contribution < 1.29 is 26.3 Å². The monoisotopic (exact) mass is 637 g/mol. The Balaban J connectivity index is 2.08. The van der Waals surface area contributed by atoms with Crippen LogP contribution in [-0.2, 0) is 26.4 Å². The summed E-state index contributed by atoms with van der Waals surface area (Å²) in [6.45, 7) is 8.42. The predicted molar refractivity (Wildman–Crippen MR) is 165 cm³/mol. The highest BCUT2D eigenvalue weighted by atomic mass is 32.2. The van der Waals surface area contributed by atoms with E-state index in [1.165, 1.54) is 18.2 Å². The number of sulfonamides is 1. The zero-order valence-electron chi connectivity index (χ0n) is 24.5. The number of benzene rings is 4. The van der Waals surface area contributed by atoms with Gasteiger partial charge in [0.05, 0.1) is 28.2 Å². The van der Waals surface area contributed by atoms with E-state index in [9.17, 15) is 32.1 Å². The van der Waals surface area contributed by atoms with Crippen molar-refractivity contribution in [1.29, 1.82) is 10.5 Å². The molecule has 1 N–H and O–H groups in total. The Labute approximate surface area is 259 Å². The highest BCUT2D eigenvalue weighted by Gasteiger charge is 2.32. The van der Waals surface area contributed by atoms with Gasteiger partial charge >= 0.3 is 6.18 Å². The van der Waals surface area contributed by atoms with Crippen LogP contribution in [0.3, 0.4) is 0 Å². The van der Waals surface area contributed by atoms with Crippen molar-refractivity contribution >= 4 is 32.6 Å². The molecular formula is C33H30F3N3O3S2. The second-order valence-electron chi connectivity index (χ2n) is 10.9. The Morgan fingerprint density at radius 3 is 2.32 bits per heavy atom.